The van der Waals surface area contributed by atoms with E-state index in [1.54, 1.807) is 17.9 Å². The van der Waals surface area contributed by atoms with Crippen LogP contribution in [-0.2, 0) is 11.8 Å². The number of pyridine rings is 1. The third kappa shape index (κ3) is 2.37. The van der Waals surface area contributed by atoms with Crippen molar-refractivity contribution in [3.63, 3.8) is 0 Å². The van der Waals surface area contributed by atoms with E-state index >= 15 is 0 Å². The zero-order valence-corrected chi connectivity index (χ0v) is 14.2. The maximum absolute atomic E-state index is 5.92. The van der Waals surface area contributed by atoms with Crippen LogP contribution in [0.2, 0.25) is 0 Å². The molecule has 1 aliphatic rings. The maximum atomic E-state index is 5.92. The highest BCUT2D eigenvalue weighted by atomic mass is 16.5. The molecule has 4 heterocycles. The molecule has 0 amide bonds. The van der Waals surface area contributed by atoms with Gasteiger partial charge in [0.15, 0.2) is 11.5 Å². The van der Waals surface area contributed by atoms with Gasteiger partial charge >= 0.3 is 0 Å². The average Bonchev–Trinajstić information content (AvgIpc) is 3.25. The van der Waals surface area contributed by atoms with Gasteiger partial charge in [-0.15, -0.1) is 5.10 Å². The molecule has 0 saturated carbocycles. The number of fused-ring (bicyclic) bond motifs is 1. The minimum Gasteiger partial charge on any atom is -0.377 e. The van der Waals surface area contributed by atoms with Crippen molar-refractivity contribution in [2.45, 2.75) is 39.2 Å². The Kier molecular flexibility index (Phi) is 3.38. The third-order valence-electron chi connectivity index (χ3n) is 4.44. The molecule has 0 radical (unpaired) electrons. The molecule has 126 valence electrons. The molecule has 3 aromatic heterocycles. The van der Waals surface area contributed by atoms with Gasteiger partial charge in [-0.1, -0.05) is 31.1 Å². The van der Waals surface area contributed by atoms with E-state index in [2.05, 4.69) is 46.2 Å². The monoisotopic (exact) mass is 328 g/mol. The standard InChI is InChI=1S/C16H20N6O2/c1-16(2,3)12-10(6-8-23-12)13-18-15(24-20-13)9-5-7-17-14-11(9)19-21-22(14)4/h5,7,10,12H,6,8H2,1-4H3/t10-,12-/m1/s1. The highest BCUT2D eigenvalue weighted by Crippen LogP contribution is 2.40. The molecular formula is C16H20N6O2. The fraction of sp³-hybridized carbons (Fsp3) is 0.562. The first-order valence-corrected chi connectivity index (χ1v) is 8.05. The minimum atomic E-state index is 0.0246. The molecule has 1 fully saturated rings. The van der Waals surface area contributed by atoms with E-state index in [4.69, 9.17) is 9.26 Å². The van der Waals surface area contributed by atoms with Crippen molar-refractivity contribution in [2.75, 3.05) is 6.61 Å². The first-order valence-electron chi connectivity index (χ1n) is 8.05. The first-order chi connectivity index (χ1) is 11.4. The third-order valence-corrected chi connectivity index (χ3v) is 4.44. The summed E-state index contributed by atoms with van der Waals surface area (Å²) in [6.45, 7) is 7.23. The van der Waals surface area contributed by atoms with Crippen molar-refractivity contribution >= 4 is 11.2 Å². The van der Waals surface area contributed by atoms with Gasteiger partial charge in [-0.3, -0.25) is 0 Å². The van der Waals surface area contributed by atoms with Crippen molar-refractivity contribution in [3.05, 3.63) is 18.1 Å². The Labute approximate surface area is 139 Å². The largest absolute Gasteiger partial charge is 0.377 e. The van der Waals surface area contributed by atoms with Gasteiger partial charge in [0, 0.05) is 19.9 Å². The fourth-order valence-corrected chi connectivity index (χ4v) is 3.31. The summed E-state index contributed by atoms with van der Waals surface area (Å²) < 4.78 is 13.1. The molecule has 0 N–H and O–H groups in total. The van der Waals surface area contributed by atoms with Crippen molar-refractivity contribution < 1.29 is 9.26 Å². The number of ether oxygens (including phenoxy) is 1. The molecule has 0 unspecified atom stereocenters. The summed E-state index contributed by atoms with van der Waals surface area (Å²) in [5, 5.41) is 12.4. The van der Waals surface area contributed by atoms with Crippen LogP contribution in [0.25, 0.3) is 22.6 Å². The Hall–Kier alpha value is -2.35. The van der Waals surface area contributed by atoms with E-state index in [0.717, 1.165) is 18.6 Å². The topological polar surface area (TPSA) is 91.8 Å². The molecule has 0 spiro atoms. The predicted molar refractivity (Wildman–Crippen MR) is 86.1 cm³/mol. The lowest BCUT2D eigenvalue weighted by Gasteiger charge is -2.29. The van der Waals surface area contributed by atoms with Gasteiger partial charge in [0.2, 0.25) is 0 Å². The predicted octanol–water partition coefficient (Wildman–Crippen LogP) is 2.33. The molecule has 8 nitrogen and oxygen atoms in total. The Balaban J connectivity index is 1.72. The summed E-state index contributed by atoms with van der Waals surface area (Å²) >= 11 is 0. The lowest BCUT2D eigenvalue weighted by Crippen LogP contribution is -2.30. The summed E-state index contributed by atoms with van der Waals surface area (Å²) in [7, 11) is 1.80. The molecular weight excluding hydrogens is 308 g/mol. The molecule has 24 heavy (non-hydrogen) atoms. The number of aryl methyl sites for hydroxylation is 1. The van der Waals surface area contributed by atoms with Crippen LogP contribution in [0.3, 0.4) is 0 Å². The van der Waals surface area contributed by atoms with Gasteiger partial charge < -0.3 is 9.26 Å². The van der Waals surface area contributed by atoms with Gasteiger partial charge in [0.05, 0.1) is 17.6 Å². The van der Waals surface area contributed by atoms with Gasteiger partial charge in [-0.25, -0.2) is 9.67 Å². The molecule has 1 saturated heterocycles. The number of rotatable bonds is 2. The summed E-state index contributed by atoms with van der Waals surface area (Å²) in [5.74, 6) is 1.27. The number of hydrogen-bond acceptors (Lipinski definition) is 7. The normalized spacial score (nSPS) is 21.7. The van der Waals surface area contributed by atoms with E-state index in [0.29, 0.717) is 22.9 Å². The van der Waals surface area contributed by atoms with Crippen LogP contribution in [0.5, 0.6) is 0 Å². The second-order valence-electron chi connectivity index (χ2n) is 7.25. The first kappa shape index (κ1) is 15.2. The van der Waals surface area contributed by atoms with Crippen LogP contribution in [-0.4, -0.2) is 42.8 Å². The van der Waals surface area contributed by atoms with E-state index < -0.39 is 0 Å². The van der Waals surface area contributed by atoms with Crippen LogP contribution in [0.15, 0.2) is 16.8 Å². The van der Waals surface area contributed by atoms with Gasteiger partial charge in [-0.2, -0.15) is 4.98 Å². The zero-order valence-electron chi connectivity index (χ0n) is 14.2. The number of hydrogen-bond donors (Lipinski definition) is 0. The summed E-state index contributed by atoms with van der Waals surface area (Å²) in [6, 6.07) is 1.82. The van der Waals surface area contributed by atoms with E-state index in [1.165, 1.54) is 0 Å². The van der Waals surface area contributed by atoms with Gasteiger partial charge in [0.25, 0.3) is 5.89 Å². The van der Waals surface area contributed by atoms with Crippen molar-refractivity contribution in [3.8, 4) is 11.5 Å². The van der Waals surface area contributed by atoms with Crippen molar-refractivity contribution in [2.24, 2.45) is 12.5 Å². The second kappa shape index (κ2) is 5.34. The SMILES string of the molecule is Cn1nnc2c(-c3nc([C@@H]4CCO[C@H]4C(C)(C)C)no3)ccnc21. The molecule has 4 rings (SSSR count). The lowest BCUT2D eigenvalue weighted by molar-refractivity contribution is 0.0193. The fourth-order valence-electron chi connectivity index (χ4n) is 3.31. The van der Waals surface area contributed by atoms with Crippen LogP contribution in [0, 0.1) is 5.41 Å². The highest BCUT2D eigenvalue weighted by Gasteiger charge is 2.40. The minimum absolute atomic E-state index is 0.0246. The van der Waals surface area contributed by atoms with Gasteiger partial charge in [-0.05, 0) is 17.9 Å². The van der Waals surface area contributed by atoms with Crippen molar-refractivity contribution in [1.29, 1.82) is 0 Å². The Morgan fingerprint density at radius 2 is 2.12 bits per heavy atom. The summed E-state index contributed by atoms with van der Waals surface area (Å²) in [6.07, 6.45) is 2.68. The van der Waals surface area contributed by atoms with Gasteiger partial charge in [0.1, 0.15) is 5.52 Å². The molecule has 3 aromatic rings. The van der Waals surface area contributed by atoms with Crippen LogP contribution < -0.4 is 0 Å². The van der Waals surface area contributed by atoms with Crippen LogP contribution >= 0.6 is 0 Å². The van der Waals surface area contributed by atoms with Crippen LogP contribution in [0.4, 0.5) is 0 Å². The van der Waals surface area contributed by atoms with E-state index in [-0.39, 0.29) is 17.4 Å². The van der Waals surface area contributed by atoms with Crippen LogP contribution in [0.1, 0.15) is 38.9 Å². The smallest absolute Gasteiger partial charge is 0.260 e. The second-order valence-corrected chi connectivity index (χ2v) is 7.25. The molecule has 0 aromatic carbocycles. The lowest BCUT2D eigenvalue weighted by atomic mass is 9.81. The summed E-state index contributed by atoms with van der Waals surface area (Å²) in [4.78, 5) is 8.91. The Morgan fingerprint density at radius 3 is 2.92 bits per heavy atom. The molecule has 1 aliphatic heterocycles. The van der Waals surface area contributed by atoms with E-state index in [1.807, 2.05) is 6.07 Å². The Morgan fingerprint density at radius 1 is 1.29 bits per heavy atom. The van der Waals surface area contributed by atoms with Crippen molar-refractivity contribution in [1.82, 2.24) is 30.1 Å². The number of aromatic nitrogens is 6. The Bertz CT molecular complexity index is 878. The average molecular weight is 328 g/mol. The summed E-state index contributed by atoms with van der Waals surface area (Å²) in [5.41, 5.74) is 2.11. The highest BCUT2D eigenvalue weighted by molar-refractivity contribution is 5.86. The molecule has 8 heteroatoms. The zero-order chi connectivity index (χ0) is 16.9. The molecule has 0 bridgehead atoms. The molecule has 0 aliphatic carbocycles. The number of nitrogens with zero attached hydrogens (tertiary/aromatic N) is 6. The molecule has 2 atom stereocenters. The van der Waals surface area contributed by atoms with E-state index in [9.17, 15) is 0 Å². The quantitative estimate of drug-likeness (QED) is 0.713. The maximum Gasteiger partial charge on any atom is 0.260 e.